The molecule has 0 aliphatic heterocycles. The smallest absolute Gasteiger partial charge is 0.223 e. The molecule has 1 atom stereocenters. The van der Waals surface area contributed by atoms with Gasteiger partial charge in [0.25, 0.3) is 0 Å². The van der Waals surface area contributed by atoms with E-state index >= 15 is 0 Å². The van der Waals surface area contributed by atoms with Crippen LogP contribution in [0.3, 0.4) is 0 Å². The first-order chi connectivity index (χ1) is 9.06. The summed E-state index contributed by atoms with van der Waals surface area (Å²) in [6.45, 7) is 0.0771. The zero-order chi connectivity index (χ0) is 13.8. The summed E-state index contributed by atoms with van der Waals surface area (Å²) < 4.78 is 13.4. The Morgan fingerprint density at radius 1 is 1.37 bits per heavy atom. The van der Waals surface area contributed by atoms with Crippen LogP contribution >= 0.6 is 11.6 Å². The summed E-state index contributed by atoms with van der Waals surface area (Å²) in [5, 5.41) is 12.9. The summed E-state index contributed by atoms with van der Waals surface area (Å²) in [5.74, 6) is -0.0692. The highest BCUT2D eigenvalue weighted by Gasteiger charge is 2.12. The minimum absolute atomic E-state index is 0.0235. The molecule has 2 rings (SSSR count). The molecule has 0 saturated carbocycles. The standard InChI is InChI=1S/C12H12ClFN4O/c13-10-5-11(18-12(15)17-10)16-6-9(19)7-3-1-2-4-8(7)14/h1-5,9,19H,6H2,(H3,15,16,17,18). The Bertz CT molecular complexity index is 561. The second kappa shape index (κ2) is 5.81. The second-order valence-corrected chi connectivity index (χ2v) is 4.24. The zero-order valence-electron chi connectivity index (χ0n) is 9.85. The van der Waals surface area contributed by atoms with E-state index in [2.05, 4.69) is 15.3 Å². The van der Waals surface area contributed by atoms with Crippen molar-refractivity contribution in [3.63, 3.8) is 0 Å². The van der Waals surface area contributed by atoms with Crippen LogP contribution < -0.4 is 11.1 Å². The molecule has 1 heterocycles. The van der Waals surface area contributed by atoms with Crippen LogP contribution in [0.4, 0.5) is 16.2 Å². The van der Waals surface area contributed by atoms with Gasteiger partial charge in [-0.1, -0.05) is 29.8 Å². The van der Waals surface area contributed by atoms with Crippen LogP contribution in [0, 0.1) is 5.82 Å². The number of aliphatic hydroxyl groups excluding tert-OH is 1. The largest absolute Gasteiger partial charge is 0.386 e. The zero-order valence-corrected chi connectivity index (χ0v) is 10.6. The Hall–Kier alpha value is -1.92. The number of aromatic nitrogens is 2. The number of hydrogen-bond donors (Lipinski definition) is 3. The molecule has 0 saturated heterocycles. The number of nitrogens with zero attached hydrogens (tertiary/aromatic N) is 2. The number of anilines is 2. The van der Waals surface area contributed by atoms with Crippen molar-refractivity contribution in [2.45, 2.75) is 6.10 Å². The molecule has 0 amide bonds. The maximum Gasteiger partial charge on any atom is 0.223 e. The molecule has 1 aromatic carbocycles. The first-order valence-electron chi connectivity index (χ1n) is 5.52. The number of hydrogen-bond acceptors (Lipinski definition) is 5. The van der Waals surface area contributed by atoms with Crippen molar-refractivity contribution in [2.75, 3.05) is 17.6 Å². The molecule has 2 aromatic rings. The third-order valence-corrected chi connectivity index (χ3v) is 2.65. The fourth-order valence-electron chi connectivity index (χ4n) is 1.58. The third kappa shape index (κ3) is 3.52. The van der Waals surface area contributed by atoms with Crippen LogP contribution in [-0.4, -0.2) is 21.6 Å². The number of benzene rings is 1. The SMILES string of the molecule is Nc1nc(Cl)cc(NCC(O)c2ccccc2F)n1. The molecule has 19 heavy (non-hydrogen) atoms. The average Bonchev–Trinajstić information content (AvgIpc) is 2.35. The average molecular weight is 283 g/mol. The Balaban J connectivity index is 2.04. The van der Waals surface area contributed by atoms with Crippen LogP contribution in [0.5, 0.6) is 0 Å². The van der Waals surface area contributed by atoms with E-state index in [4.69, 9.17) is 17.3 Å². The number of halogens is 2. The Kier molecular flexibility index (Phi) is 4.13. The lowest BCUT2D eigenvalue weighted by Crippen LogP contribution is -2.14. The second-order valence-electron chi connectivity index (χ2n) is 3.85. The van der Waals surface area contributed by atoms with E-state index in [1.54, 1.807) is 12.1 Å². The fourth-order valence-corrected chi connectivity index (χ4v) is 1.77. The third-order valence-electron chi connectivity index (χ3n) is 2.45. The fraction of sp³-hybridized carbons (Fsp3) is 0.167. The van der Waals surface area contributed by atoms with E-state index in [0.29, 0.717) is 5.82 Å². The monoisotopic (exact) mass is 282 g/mol. The molecule has 1 unspecified atom stereocenters. The van der Waals surface area contributed by atoms with Crippen LogP contribution in [0.15, 0.2) is 30.3 Å². The Labute approximate surface area is 114 Å². The molecule has 5 nitrogen and oxygen atoms in total. The molecular weight excluding hydrogens is 271 g/mol. The topological polar surface area (TPSA) is 84.1 Å². The minimum Gasteiger partial charge on any atom is -0.386 e. The number of nitrogens with two attached hydrogens (primary N) is 1. The first kappa shape index (κ1) is 13.5. The maximum absolute atomic E-state index is 13.4. The quantitative estimate of drug-likeness (QED) is 0.747. The summed E-state index contributed by atoms with van der Waals surface area (Å²) in [7, 11) is 0. The van der Waals surface area contributed by atoms with Crippen LogP contribution in [0.2, 0.25) is 5.15 Å². The highest BCUT2D eigenvalue weighted by molar-refractivity contribution is 6.29. The van der Waals surface area contributed by atoms with Gasteiger partial charge in [0.1, 0.15) is 16.8 Å². The molecule has 0 aliphatic carbocycles. The van der Waals surface area contributed by atoms with Crippen molar-refractivity contribution in [1.82, 2.24) is 9.97 Å². The molecule has 0 bridgehead atoms. The number of aliphatic hydroxyl groups is 1. The van der Waals surface area contributed by atoms with Gasteiger partial charge in [0.05, 0.1) is 6.10 Å². The lowest BCUT2D eigenvalue weighted by molar-refractivity contribution is 0.186. The van der Waals surface area contributed by atoms with E-state index < -0.39 is 11.9 Å². The van der Waals surface area contributed by atoms with Crippen LogP contribution in [0.1, 0.15) is 11.7 Å². The van der Waals surface area contributed by atoms with Gasteiger partial charge in [-0.25, -0.2) is 9.37 Å². The van der Waals surface area contributed by atoms with Gasteiger partial charge in [-0.3, -0.25) is 0 Å². The van der Waals surface area contributed by atoms with E-state index in [1.807, 2.05) is 0 Å². The molecule has 100 valence electrons. The number of nitrogen functional groups attached to an aromatic ring is 1. The predicted molar refractivity (Wildman–Crippen MR) is 71.3 cm³/mol. The summed E-state index contributed by atoms with van der Waals surface area (Å²) in [6, 6.07) is 7.48. The van der Waals surface area contributed by atoms with Crippen molar-refractivity contribution in [1.29, 1.82) is 0 Å². The van der Waals surface area contributed by atoms with Crippen LogP contribution in [0.25, 0.3) is 0 Å². The minimum atomic E-state index is -1.00. The van der Waals surface area contributed by atoms with Gasteiger partial charge in [-0.15, -0.1) is 0 Å². The normalized spacial score (nSPS) is 12.2. The lowest BCUT2D eigenvalue weighted by Gasteiger charge is -2.13. The van der Waals surface area contributed by atoms with E-state index in [-0.39, 0.29) is 23.2 Å². The van der Waals surface area contributed by atoms with Crippen molar-refractivity contribution in [2.24, 2.45) is 0 Å². The Morgan fingerprint density at radius 3 is 2.79 bits per heavy atom. The van der Waals surface area contributed by atoms with Gasteiger partial charge in [-0.2, -0.15) is 4.98 Å². The number of nitrogens with one attached hydrogen (secondary N) is 1. The van der Waals surface area contributed by atoms with Crippen molar-refractivity contribution in [3.05, 3.63) is 46.9 Å². The molecule has 4 N–H and O–H groups in total. The highest BCUT2D eigenvalue weighted by Crippen LogP contribution is 2.18. The van der Waals surface area contributed by atoms with Gasteiger partial charge < -0.3 is 16.2 Å². The Morgan fingerprint density at radius 2 is 2.11 bits per heavy atom. The molecule has 1 aromatic heterocycles. The van der Waals surface area contributed by atoms with Crippen molar-refractivity contribution >= 4 is 23.4 Å². The molecule has 0 spiro atoms. The van der Waals surface area contributed by atoms with Gasteiger partial charge >= 0.3 is 0 Å². The summed E-state index contributed by atoms with van der Waals surface area (Å²) in [4.78, 5) is 7.59. The molecule has 0 radical (unpaired) electrons. The van der Waals surface area contributed by atoms with Crippen molar-refractivity contribution in [3.8, 4) is 0 Å². The van der Waals surface area contributed by atoms with E-state index in [9.17, 15) is 9.50 Å². The molecule has 0 aliphatic rings. The van der Waals surface area contributed by atoms with Crippen LogP contribution in [-0.2, 0) is 0 Å². The lowest BCUT2D eigenvalue weighted by atomic mass is 10.1. The number of rotatable bonds is 4. The van der Waals surface area contributed by atoms with Gasteiger partial charge in [0.15, 0.2) is 0 Å². The van der Waals surface area contributed by atoms with Crippen molar-refractivity contribution < 1.29 is 9.50 Å². The van der Waals surface area contributed by atoms with Gasteiger partial charge in [0, 0.05) is 18.2 Å². The van der Waals surface area contributed by atoms with Gasteiger partial charge in [0.2, 0.25) is 5.95 Å². The molecular formula is C12H12ClFN4O. The van der Waals surface area contributed by atoms with Gasteiger partial charge in [-0.05, 0) is 6.07 Å². The summed E-state index contributed by atoms with van der Waals surface area (Å²) in [6.07, 6.45) is -1.00. The summed E-state index contributed by atoms with van der Waals surface area (Å²) in [5.41, 5.74) is 5.64. The highest BCUT2D eigenvalue weighted by atomic mass is 35.5. The predicted octanol–water partition coefficient (Wildman–Crippen LogP) is 2.00. The first-order valence-corrected chi connectivity index (χ1v) is 5.90. The van der Waals surface area contributed by atoms with E-state index in [1.165, 1.54) is 18.2 Å². The van der Waals surface area contributed by atoms with E-state index in [0.717, 1.165) is 0 Å². The molecule has 7 heteroatoms. The maximum atomic E-state index is 13.4. The molecule has 0 fully saturated rings. The summed E-state index contributed by atoms with van der Waals surface area (Å²) >= 11 is 5.71.